The molecule has 1 N–H and O–H groups in total. The van der Waals surface area contributed by atoms with Gasteiger partial charge in [0.25, 0.3) is 0 Å². The molecule has 1 rings (SSSR count). The van der Waals surface area contributed by atoms with E-state index in [0.29, 0.717) is 0 Å². The highest BCUT2D eigenvalue weighted by molar-refractivity contribution is 6.30. The van der Waals surface area contributed by atoms with Crippen LogP contribution < -0.4 is 5.32 Å². The largest absolute Gasteiger partial charge is 0.354 e. The number of hydrogen-bond acceptors (Lipinski definition) is 3. The van der Waals surface area contributed by atoms with Gasteiger partial charge in [0.1, 0.15) is 0 Å². The molecule has 0 aliphatic heterocycles. The molecule has 0 radical (unpaired) electrons. The third kappa shape index (κ3) is 5.04. The van der Waals surface area contributed by atoms with E-state index in [4.69, 9.17) is 21.1 Å². The van der Waals surface area contributed by atoms with Crippen molar-refractivity contribution in [3.8, 4) is 0 Å². The summed E-state index contributed by atoms with van der Waals surface area (Å²) in [6.07, 6.45) is 0.752. The summed E-state index contributed by atoms with van der Waals surface area (Å²) in [5.41, 5.74) is 1.26. The van der Waals surface area contributed by atoms with E-state index in [9.17, 15) is 0 Å². The maximum atomic E-state index is 5.83. The Balaban J connectivity index is 2.30. The van der Waals surface area contributed by atoms with Gasteiger partial charge < -0.3 is 14.8 Å². The third-order valence-corrected chi connectivity index (χ3v) is 2.92. The average Bonchev–Trinajstić information content (AvgIpc) is 2.33. The van der Waals surface area contributed by atoms with Gasteiger partial charge in [0.05, 0.1) is 6.04 Å². The Kier molecular flexibility index (Phi) is 6.52. The lowest BCUT2D eigenvalue weighted by atomic mass is 10.1. The second-order valence-electron chi connectivity index (χ2n) is 3.96. The highest BCUT2D eigenvalue weighted by Gasteiger charge is 2.14. The van der Waals surface area contributed by atoms with Crippen molar-refractivity contribution in [2.45, 2.75) is 25.7 Å². The lowest BCUT2D eigenvalue weighted by Gasteiger charge is -2.22. The van der Waals surface area contributed by atoms with Crippen LogP contribution in [0.2, 0.25) is 5.02 Å². The SMILES string of the molecule is COC(OC)C(C)NCCc1ccc(Cl)cc1. The highest BCUT2D eigenvalue weighted by Crippen LogP contribution is 2.09. The Morgan fingerprint density at radius 1 is 1.18 bits per heavy atom. The average molecular weight is 258 g/mol. The van der Waals surface area contributed by atoms with Gasteiger partial charge in [-0.15, -0.1) is 0 Å². The fourth-order valence-electron chi connectivity index (χ4n) is 1.70. The van der Waals surface area contributed by atoms with Crippen molar-refractivity contribution in [1.29, 1.82) is 0 Å². The van der Waals surface area contributed by atoms with Gasteiger partial charge in [0.15, 0.2) is 6.29 Å². The van der Waals surface area contributed by atoms with E-state index in [1.165, 1.54) is 5.56 Å². The van der Waals surface area contributed by atoms with E-state index in [1.807, 2.05) is 31.2 Å². The number of nitrogens with one attached hydrogen (secondary N) is 1. The van der Waals surface area contributed by atoms with Crippen LogP contribution in [-0.4, -0.2) is 33.1 Å². The first-order valence-electron chi connectivity index (χ1n) is 5.70. The molecule has 0 aliphatic carbocycles. The van der Waals surface area contributed by atoms with E-state index in [-0.39, 0.29) is 12.3 Å². The molecule has 0 saturated heterocycles. The lowest BCUT2D eigenvalue weighted by Crippen LogP contribution is -2.40. The zero-order valence-electron chi connectivity index (χ0n) is 10.6. The first-order valence-corrected chi connectivity index (χ1v) is 6.08. The summed E-state index contributed by atoms with van der Waals surface area (Å²) in [7, 11) is 3.29. The molecule has 0 spiro atoms. The van der Waals surface area contributed by atoms with Gasteiger partial charge in [-0.25, -0.2) is 0 Å². The molecule has 1 unspecified atom stereocenters. The molecule has 96 valence electrons. The van der Waals surface area contributed by atoms with Crippen LogP contribution in [0.1, 0.15) is 12.5 Å². The van der Waals surface area contributed by atoms with E-state index in [1.54, 1.807) is 14.2 Å². The van der Waals surface area contributed by atoms with Crippen molar-refractivity contribution in [2.75, 3.05) is 20.8 Å². The molecule has 3 nitrogen and oxygen atoms in total. The first kappa shape index (κ1) is 14.5. The normalized spacial score (nSPS) is 13.0. The van der Waals surface area contributed by atoms with E-state index in [2.05, 4.69) is 5.32 Å². The Morgan fingerprint density at radius 3 is 2.29 bits per heavy atom. The fourth-order valence-corrected chi connectivity index (χ4v) is 1.82. The van der Waals surface area contributed by atoms with Crippen molar-refractivity contribution in [3.05, 3.63) is 34.9 Å². The van der Waals surface area contributed by atoms with Gasteiger partial charge in [0.2, 0.25) is 0 Å². The molecule has 0 fully saturated rings. The molecule has 0 saturated carbocycles. The summed E-state index contributed by atoms with van der Waals surface area (Å²) >= 11 is 5.83. The smallest absolute Gasteiger partial charge is 0.171 e. The standard InChI is InChI=1S/C13H20ClNO2/c1-10(13(16-2)17-3)15-9-8-11-4-6-12(14)7-5-11/h4-7,10,13,15H,8-9H2,1-3H3. The van der Waals surface area contributed by atoms with E-state index < -0.39 is 0 Å². The Labute approximate surface area is 108 Å². The van der Waals surface area contributed by atoms with Gasteiger partial charge in [-0.05, 0) is 37.6 Å². The number of benzene rings is 1. The summed E-state index contributed by atoms with van der Waals surface area (Å²) in [6.45, 7) is 2.92. The Bertz CT molecular complexity index is 312. The predicted molar refractivity (Wildman–Crippen MR) is 70.4 cm³/mol. The minimum absolute atomic E-state index is 0.164. The monoisotopic (exact) mass is 257 g/mol. The highest BCUT2D eigenvalue weighted by atomic mass is 35.5. The number of halogens is 1. The van der Waals surface area contributed by atoms with Crippen LogP contribution >= 0.6 is 11.6 Å². The number of rotatable bonds is 7. The molecule has 0 bridgehead atoms. The molecule has 0 aromatic heterocycles. The van der Waals surface area contributed by atoms with Gasteiger partial charge in [-0.2, -0.15) is 0 Å². The predicted octanol–water partition coefficient (Wildman–Crippen LogP) is 2.48. The molecule has 0 aliphatic rings. The van der Waals surface area contributed by atoms with Gasteiger partial charge in [-0.1, -0.05) is 23.7 Å². The van der Waals surface area contributed by atoms with Crippen molar-refractivity contribution in [2.24, 2.45) is 0 Å². The van der Waals surface area contributed by atoms with Gasteiger partial charge in [0, 0.05) is 19.2 Å². The molecule has 1 aromatic rings. The summed E-state index contributed by atoms with van der Waals surface area (Å²) in [5, 5.41) is 4.14. The van der Waals surface area contributed by atoms with Gasteiger partial charge in [-0.3, -0.25) is 0 Å². The van der Waals surface area contributed by atoms with Crippen LogP contribution in [0.5, 0.6) is 0 Å². The molecule has 0 amide bonds. The van der Waals surface area contributed by atoms with Crippen molar-refractivity contribution < 1.29 is 9.47 Å². The van der Waals surface area contributed by atoms with E-state index in [0.717, 1.165) is 18.0 Å². The molecular weight excluding hydrogens is 238 g/mol. The summed E-state index contributed by atoms with van der Waals surface area (Å²) in [4.78, 5) is 0. The second kappa shape index (κ2) is 7.67. The van der Waals surface area contributed by atoms with Crippen LogP contribution in [0.4, 0.5) is 0 Å². The zero-order chi connectivity index (χ0) is 12.7. The van der Waals surface area contributed by atoms with Crippen LogP contribution in [0.3, 0.4) is 0 Å². The minimum atomic E-state index is -0.208. The molecule has 17 heavy (non-hydrogen) atoms. The lowest BCUT2D eigenvalue weighted by molar-refractivity contribution is -0.119. The molecule has 1 aromatic carbocycles. The Hall–Kier alpha value is -0.610. The topological polar surface area (TPSA) is 30.5 Å². The maximum Gasteiger partial charge on any atom is 0.171 e. The Morgan fingerprint density at radius 2 is 1.76 bits per heavy atom. The van der Waals surface area contributed by atoms with Crippen LogP contribution in [-0.2, 0) is 15.9 Å². The summed E-state index contributed by atoms with van der Waals surface area (Å²) in [6, 6.07) is 8.07. The zero-order valence-corrected chi connectivity index (χ0v) is 11.3. The van der Waals surface area contributed by atoms with Crippen molar-refractivity contribution in [1.82, 2.24) is 5.32 Å². The fraction of sp³-hybridized carbons (Fsp3) is 0.538. The second-order valence-corrected chi connectivity index (χ2v) is 4.40. The molecule has 4 heteroatoms. The maximum absolute atomic E-state index is 5.83. The van der Waals surface area contributed by atoms with Crippen LogP contribution in [0.15, 0.2) is 24.3 Å². The number of ether oxygens (including phenoxy) is 2. The quantitative estimate of drug-likeness (QED) is 0.762. The molecule has 1 atom stereocenters. The first-order chi connectivity index (χ1) is 8.17. The summed E-state index contributed by atoms with van der Waals surface area (Å²) in [5.74, 6) is 0. The summed E-state index contributed by atoms with van der Waals surface area (Å²) < 4.78 is 10.4. The number of methoxy groups -OCH3 is 2. The molecular formula is C13H20ClNO2. The third-order valence-electron chi connectivity index (χ3n) is 2.67. The van der Waals surface area contributed by atoms with Crippen LogP contribution in [0.25, 0.3) is 0 Å². The van der Waals surface area contributed by atoms with Crippen molar-refractivity contribution in [3.63, 3.8) is 0 Å². The van der Waals surface area contributed by atoms with Crippen molar-refractivity contribution >= 4 is 11.6 Å². The van der Waals surface area contributed by atoms with Gasteiger partial charge >= 0.3 is 0 Å². The minimum Gasteiger partial charge on any atom is -0.354 e. The van der Waals surface area contributed by atoms with Crippen LogP contribution in [0, 0.1) is 0 Å². The molecule has 0 heterocycles. The number of hydrogen-bond donors (Lipinski definition) is 1. The van der Waals surface area contributed by atoms with E-state index >= 15 is 0 Å².